The molecule has 1 aromatic rings. The van der Waals surface area contributed by atoms with Crippen molar-refractivity contribution >= 4 is 12.0 Å². The van der Waals surface area contributed by atoms with E-state index < -0.39 is 5.97 Å². The van der Waals surface area contributed by atoms with Crippen LogP contribution in [0.1, 0.15) is 17.5 Å². The molecular weight excluding hydrogens is 234 g/mol. The van der Waals surface area contributed by atoms with Gasteiger partial charge in [-0.15, -0.1) is 0 Å². The van der Waals surface area contributed by atoms with Crippen LogP contribution in [0.25, 0.3) is 16.5 Å². The largest absolute Gasteiger partial charge is 0.507 e. The molecule has 1 aromatic carbocycles. The fraction of sp³-hybridized carbons (Fsp3) is 0.250. The first-order chi connectivity index (χ1) is 8.63. The minimum Gasteiger partial charge on any atom is -0.507 e. The van der Waals surface area contributed by atoms with E-state index in [0.29, 0.717) is 24.1 Å². The second-order valence-electron chi connectivity index (χ2n) is 3.61. The highest BCUT2D eigenvalue weighted by Gasteiger charge is 2.03. The van der Waals surface area contributed by atoms with Gasteiger partial charge in [-0.3, -0.25) is 4.79 Å². The molecule has 0 amide bonds. The highest BCUT2D eigenvalue weighted by molar-refractivity contribution is 5.71. The summed E-state index contributed by atoms with van der Waals surface area (Å²) < 4.78 is 0. The molecule has 0 aromatic heterocycles. The lowest BCUT2D eigenvalue weighted by molar-refractivity contribution is -0.136. The van der Waals surface area contributed by atoms with Gasteiger partial charge >= 0.3 is 5.97 Å². The van der Waals surface area contributed by atoms with Crippen molar-refractivity contribution in [3.05, 3.63) is 45.8 Å². The van der Waals surface area contributed by atoms with Crippen molar-refractivity contribution in [1.82, 2.24) is 0 Å². The Kier molecular flexibility index (Phi) is 5.28. The van der Waals surface area contributed by atoms with Crippen LogP contribution in [0.5, 0.6) is 5.75 Å². The maximum Gasteiger partial charge on any atom is 0.307 e. The molecule has 6 nitrogen and oxygen atoms in total. The maximum absolute atomic E-state index is 10.6. The summed E-state index contributed by atoms with van der Waals surface area (Å²) in [5, 5.41) is 21.6. The Bertz CT molecular complexity index is 505. The molecule has 0 radical (unpaired) electrons. The number of aromatic hydroxyl groups is 1. The molecule has 1 rings (SSSR count). The maximum atomic E-state index is 10.6. The molecule has 0 atom stereocenters. The predicted octanol–water partition coefficient (Wildman–Crippen LogP) is 2.73. The van der Waals surface area contributed by atoms with Crippen molar-refractivity contribution in [1.29, 1.82) is 0 Å². The number of phenolic OH excluding ortho intramolecular Hbond substituents is 1. The van der Waals surface area contributed by atoms with E-state index in [1.165, 1.54) is 6.07 Å². The van der Waals surface area contributed by atoms with Crippen LogP contribution < -0.4 is 0 Å². The number of rotatable bonds is 6. The van der Waals surface area contributed by atoms with E-state index >= 15 is 0 Å². The monoisotopic (exact) mass is 247 g/mol. The lowest BCUT2D eigenvalue weighted by Gasteiger charge is -2.02. The van der Waals surface area contributed by atoms with Crippen LogP contribution in [0, 0.1) is 0 Å². The second kappa shape index (κ2) is 6.98. The average Bonchev–Trinajstić information content (AvgIpc) is 2.32. The molecule has 0 heterocycles. The van der Waals surface area contributed by atoms with E-state index in [2.05, 4.69) is 10.0 Å². The van der Waals surface area contributed by atoms with Gasteiger partial charge in [-0.25, -0.2) is 0 Å². The van der Waals surface area contributed by atoms with Gasteiger partial charge in [-0.05, 0) is 29.6 Å². The summed E-state index contributed by atoms with van der Waals surface area (Å²) in [6.45, 7) is 0.350. The van der Waals surface area contributed by atoms with Gasteiger partial charge < -0.3 is 10.2 Å². The third-order valence-corrected chi connectivity index (χ3v) is 2.20. The van der Waals surface area contributed by atoms with Gasteiger partial charge in [0.15, 0.2) is 0 Å². The molecule has 0 unspecified atom stereocenters. The summed E-state index contributed by atoms with van der Waals surface area (Å²) in [6, 6.07) is 4.65. The van der Waals surface area contributed by atoms with Crippen molar-refractivity contribution in [2.45, 2.75) is 12.8 Å². The Morgan fingerprint density at radius 2 is 2.28 bits per heavy atom. The molecule has 0 bridgehead atoms. The zero-order valence-corrected chi connectivity index (χ0v) is 9.65. The molecule has 0 saturated carbocycles. The van der Waals surface area contributed by atoms with E-state index in [1.54, 1.807) is 24.3 Å². The SMILES string of the molecule is [N-]=[N+]=NCCC=Cc1cc(CC(=O)O)ccc1O. The molecule has 94 valence electrons. The number of carbonyl (C=O) groups is 1. The highest BCUT2D eigenvalue weighted by Crippen LogP contribution is 2.20. The number of hydrogen-bond donors (Lipinski definition) is 2. The first-order valence-corrected chi connectivity index (χ1v) is 5.34. The van der Waals surface area contributed by atoms with Crippen LogP contribution in [-0.4, -0.2) is 22.7 Å². The Balaban J connectivity index is 2.74. The molecule has 18 heavy (non-hydrogen) atoms. The van der Waals surface area contributed by atoms with Gasteiger partial charge in [0.2, 0.25) is 0 Å². The van der Waals surface area contributed by atoms with Gasteiger partial charge in [-0.1, -0.05) is 23.3 Å². The summed E-state index contributed by atoms with van der Waals surface area (Å²) in [4.78, 5) is 13.2. The fourth-order valence-electron chi connectivity index (χ4n) is 1.41. The van der Waals surface area contributed by atoms with Gasteiger partial charge in [0.1, 0.15) is 5.75 Å². The molecule has 0 aliphatic rings. The van der Waals surface area contributed by atoms with Crippen molar-refractivity contribution in [2.75, 3.05) is 6.54 Å². The molecule has 0 fully saturated rings. The van der Waals surface area contributed by atoms with Crippen molar-refractivity contribution in [2.24, 2.45) is 5.11 Å². The zero-order chi connectivity index (χ0) is 13.4. The molecule has 0 spiro atoms. The van der Waals surface area contributed by atoms with E-state index in [-0.39, 0.29) is 12.2 Å². The summed E-state index contributed by atoms with van der Waals surface area (Å²) >= 11 is 0. The van der Waals surface area contributed by atoms with Crippen LogP contribution in [0.3, 0.4) is 0 Å². The van der Waals surface area contributed by atoms with E-state index in [0.717, 1.165) is 0 Å². The fourth-order valence-corrected chi connectivity index (χ4v) is 1.41. The lowest BCUT2D eigenvalue weighted by Crippen LogP contribution is -1.99. The molecule has 0 saturated heterocycles. The minimum atomic E-state index is -0.918. The quantitative estimate of drug-likeness (QED) is 0.349. The Labute approximate surface area is 104 Å². The van der Waals surface area contributed by atoms with Crippen LogP contribution in [0.15, 0.2) is 29.4 Å². The van der Waals surface area contributed by atoms with Gasteiger partial charge in [0.25, 0.3) is 0 Å². The van der Waals surface area contributed by atoms with Crippen LogP contribution in [-0.2, 0) is 11.2 Å². The lowest BCUT2D eigenvalue weighted by atomic mass is 10.1. The van der Waals surface area contributed by atoms with Gasteiger partial charge in [0, 0.05) is 17.0 Å². The third kappa shape index (κ3) is 4.59. The van der Waals surface area contributed by atoms with Gasteiger partial charge in [0.05, 0.1) is 6.42 Å². The minimum absolute atomic E-state index is 0.0835. The zero-order valence-electron chi connectivity index (χ0n) is 9.65. The van der Waals surface area contributed by atoms with Crippen molar-refractivity contribution in [3.63, 3.8) is 0 Å². The first-order valence-electron chi connectivity index (χ1n) is 5.34. The van der Waals surface area contributed by atoms with E-state index in [1.807, 2.05) is 0 Å². The molecule has 2 N–H and O–H groups in total. The normalized spacial score (nSPS) is 10.2. The Morgan fingerprint density at radius 3 is 2.94 bits per heavy atom. The first kappa shape index (κ1) is 13.6. The smallest absolute Gasteiger partial charge is 0.307 e. The average molecular weight is 247 g/mol. The number of phenols is 1. The van der Waals surface area contributed by atoms with Crippen molar-refractivity contribution < 1.29 is 15.0 Å². The number of carboxylic acid groups (broad SMARTS) is 1. The molecular formula is C12H13N3O3. The number of azide groups is 1. The van der Waals surface area contributed by atoms with Crippen LogP contribution in [0.4, 0.5) is 0 Å². The van der Waals surface area contributed by atoms with E-state index in [9.17, 15) is 9.90 Å². The Morgan fingerprint density at radius 1 is 1.50 bits per heavy atom. The summed E-state index contributed by atoms with van der Waals surface area (Å²) in [7, 11) is 0. The number of aliphatic carboxylic acids is 1. The van der Waals surface area contributed by atoms with Gasteiger partial charge in [-0.2, -0.15) is 0 Å². The molecule has 0 aliphatic carbocycles. The topological polar surface area (TPSA) is 106 Å². The molecule has 6 heteroatoms. The standard InChI is InChI=1S/C12H13N3O3/c13-15-14-6-2-1-3-10-7-9(8-12(17)18)4-5-11(10)16/h1,3-5,7,16H,2,6,8H2,(H,17,18). The van der Waals surface area contributed by atoms with E-state index in [4.69, 9.17) is 10.6 Å². The summed E-state index contributed by atoms with van der Waals surface area (Å²) in [6.07, 6.45) is 3.91. The van der Waals surface area contributed by atoms with Crippen molar-refractivity contribution in [3.8, 4) is 5.75 Å². The molecule has 0 aliphatic heterocycles. The second-order valence-corrected chi connectivity index (χ2v) is 3.61. The number of benzene rings is 1. The van der Waals surface area contributed by atoms with Crippen LogP contribution in [0.2, 0.25) is 0 Å². The predicted molar refractivity (Wildman–Crippen MR) is 67.1 cm³/mol. The Hall–Kier alpha value is -2.46. The number of carboxylic acids is 1. The number of hydrogen-bond acceptors (Lipinski definition) is 3. The summed E-state index contributed by atoms with van der Waals surface area (Å²) in [5.41, 5.74) is 9.26. The summed E-state index contributed by atoms with van der Waals surface area (Å²) in [5.74, 6) is -0.830. The highest BCUT2D eigenvalue weighted by atomic mass is 16.4. The number of nitrogens with zero attached hydrogens (tertiary/aromatic N) is 3. The third-order valence-electron chi connectivity index (χ3n) is 2.20. The van der Waals surface area contributed by atoms with Crippen LogP contribution >= 0.6 is 0 Å².